The molecule has 1 amide bonds. The molecule has 1 aliphatic heterocycles. The molecule has 0 bridgehead atoms. The van der Waals surface area contributed by atoms with E-state index in [4.69, 9.17) is 4.74 Å². The van der Waals surface area contributed by atoms with Gasteiger partial charge in [-0.25, -0.2) is 4.39 Å². The third-order valence-electron chi connectivity index (χ3n) is 4.80. The molecule has 3 atom stereocenters. The average Bonchev–Trinajstić information content (AvgIpc) is 2.68. The number of likely N-dealkylation sites (tertiary alicyclic amines) is 1. The van der Waals surface area contributed by atoms with Crippen LogP contribution in [0.1, 0.15) is 22.6 Å². The molecular weight excluding hydrogens is 359 g/mol. The van der Waals surface area contributed by atoms with E-state index in [1.807, 2.05) is 12.1 Å². The number of aliphatic hydroxyl groups excluding tert-OH is 1. The lowest BCUT2D eigenvalue weighted by molar-refractivity contribution is -0.150. The minimum absolute atomic E-state index is 0.133. The Balaban J connectivity index is 1.79. The summed E-state index contributed by atoms with van der Waals surface area (Å²) in [4.78, 5) is 13.5. The monoisotopic (exact) mass is 378 g/mol. The fourth-order valence-electron chi connectivity index (χ4n) is 3.44. The molecule has 6 heteroatoms. The van der Waals surface area contributed by atoms with Crippen LogP contribution in [0.25, 0.3) is 0 Å². The zero-order valence-electron chi connectivity index (χ0n) is 15.3. The fourth-order valence-corrected chi connectivity index (χ4v) is 3.44. The number of halogens is 1. The summed E-state index contributed by atoms with van der Waals surface area (Å²) in [5.41, 5.74) is 1.86. The van der Waals surface area contributed by atoms with Crippen molar-refractivity contribution in [3.63, 3.8) is 0 Å². The molecule has 1 fully saturated rings. The first-order chi connectivity index (χ1) is 13.6. The Kier molecular flexibility index (Phi) is 6.06. The second-order valence-electron chi connectivity index (χ2n) is 6.44. The number of hydrogen-bond acceptors (Lipinski definition) is 4. The molecule has 28 heavy (non-hydrogen) atoms. The van der Waals surface area contributed by atoms with Crippen molar-refractivity contribution in [1.29, 1.82) is 5.26 Å². The molecule has 1 N–H and O–H groups in total. The number of nitriles is 1. The highest BCUT2D eigenvalue weighted by atomic mass is 19.1. The highest BCUT2D eigenvalue weighted by molar-refractivity contribution is 5.80. The first kappa shape index (κ1) is 19.6. The van der Waals surface area contributed by atoms with E-state index in [1.165, 1.54) is 18.1 Å². The minimum Gasteiger partial charge on any atom is -0.394 e. The molecule has 0 aliphatic carbocycles. The van der Waals surface area contributed by atoms with Crippen molar-refractivity contribution in [2.75, 3.05) is 20.3 Å². The number of aliphatic hydroxyl groups is 1. The van der Waals surface area contributed by atoms with E-state index < -0.39 is 12.1 Å². The van der Waals surface area contributed by atoms with Crippen molar-refractivity contribution < 1.29 is 19.0 Å². The summed E-state index contributed by atoms with van der Waals surface area (Å²) >= 11 is 0. The van der Waals surface area contributed by atoms with Gasteiger partial charge in [0.1, 0.15) is 18.5 Å². The largest absolute Gasteiger partial charge is 0.394 e. The molecule has 0 aromatic heterocycles. The third-order valence-corrected chi connectivity index (χ3v) is 4.80. The second kappa shape index (κ2) is 8.67. The highest BCUT2D eigenvalue weighted by Gasteiger charge is 2.51. The van der Waals surface area contributed by atoms with Gasteiger partial charge >= 0.3 is 0 Å². The highest BCUT2D eigenvalue weighted by Crippen LogP contribution is 2.40. The molecule has 0 unspecified atom stereocenters. The molecule has 142 valence electrons. The van der Waals surface area contributed by atoms with Crippen molar-refractivity contribution in [1.82, 2.24) is 4.90 Å². The van der Waals surface area contributed by atoms with Crippen LogP contribution in [-0.2, 0) is 9.53 Å². The molecule has 0 saturated carbocycles. The quantitative estimate of drug-likeness (QED) is 0.827. The second-order valence-corrected chi connectivity index (χ2v) is 6.44. The van der Waals surface area contributed by atoms with Gasteiger partial charge < -0.3 is 14.7 Å². The van der Waals surface area contributed by atoms with Crippen molar-refractivity contribution >= 4 is 5.91 Å². The first-order valence-electron chi connectivity index (χ1n) is 8.77. The number of amides is 1. The van der Waals surface area contributed by atoms with E-state index in [2.05, 4.69) is 17.9 Å². The van der Waals surface area contributed by atoms with E-state index in [-0.39, 0.29) is 30.9 Å². The number of nitrogens with zero attached hydrogens (tertiary/aromatic N) is 2. The lowest BCUT2D eigenvalue weighted by atomic mass is 9.75. The van der Waals surface area contributed by atoms with Crippen molar-refractivity contribution in [3.05, 3.63) is 71.0 Å². The Morgan fingerprint density at radius 3 is 2.54 bits per heavy atom. The maximum Gasteiger partial charge on any atom is 0.249 e. The number of hydrogen-bond donors (Lipinski definition) is 1. The summed E-state index contributed by atoms with van der Waals surface area (Å²) in [7, 11) is 1.41. The fraction of sp³-hybridized carbons (Fsp3) is 0.273. The van der Waals surface area contributed by atoms with Crippen molar-refractivity contribution in [2.24, 2.45) is 0 Å². The molecule has 0 radical (unpaired) electrons. The van der Waals surface area contributed by atoms with Crippen LogP contribution in [0.15, 0.2) is 48.5 Å². The van der Waals surface area contributed by atoms with Gasteiger partial charge in [0.05, 0.1) is 24.3 Å². The number of benzene rings is 2. The maximum atomic E-state index is 13.6. The zero-order chi connectivity index (χ0) is 20.1. The van der Waals surface area contributed by atoms with Crippen LogP contribution < -0.4 is 0 Å². The van der Waals surface area contributed by atoms with Crippen LogP contribution in [0.4, 0.5) is 4.39 Å². The molecule has 1 heterocycles. The van der Waals surface area contributed by atoms with E-state index in [1.54, 1.807) is 30.3 Å². The molecule has 2 aromatic rings. The van der Waals surface area contributed by atoms with Crippen LogP contribution in [0, 0.1) is 29.0 Å². The van der Waals surface area contributed by atoms with Gasteiger partial charge in [0.2, 0.25) is 5.91 Å². The molecular formula is C22H19FN2O3. The zero-order valence-corrected chi connectivity index (χ0v) is 15.3. The van der Waals surface area contributed by atoms with Crippen molar-refractivity contribution in [3.8, 4) is 17.9 Å². The van der Waals surface area contributed by atoms with Crippen molar-refractivity contribution in [2.45, 2.75) is 18.0 Å². The SMILES string of the molecule is COCC(=O)N1[C@@H](C#N)[C@H](c2ccc(C#Cc3ccccc3F)cc2)[C@@H]1CO. The smallest absolute Gasteiger partial charge is 0.249 e. The van der Waals surface area contributed by atoms with E-state index in [0.717, 1.165) is 5.56 Å². The summed E-state index contributed by atoms with van der Waals surface area (Å²) in [5, 5.41) is 19.2. The van der Waals surface area contributed by atoms with E-state index in [0.29, 0.717) is 11.1 Å². The topological polar surface area (TPSA) is 73.6 Å². The van der Waals surface area contributed by atoms with Crippen LogP contribution in [0.3, 0.4) is 0 Å². The summed E-state index contributed by atoms with van der Waals surface area (Å²) < 4.78 is 18.5. The minimum atomic E-state index is -0.657. The normalized spacial score (nSPS) is 20.5. The van der Waals surface area contributed by atoms with Crippen LogP contribution >= 0.6 is 0 Å². The number of ether oxygens (including phenoxy) is 1. The molecule has 1 saturated heterocycles. The predicted octanol–water partition coefficient (Wildman–Crippen LogP) is 2.05. The first-order valence-corrected chi connectivity index (χ1v) is 8.77. The molecule has 5 nitrogen and oxygen atoms in total. The number of carbonyl (C=O) groups is 1. The van der Waals surface area contributed by atoms with Gasteiger partial charge in [-0.1, -0.05) is 36.1 Å². The Hall–Kier alpha value is -3.19. The standard InChI is InChI=1S/C22H19FN2O3/c1-28-14-21(27)25-19(12-24)22(20(25)13-26)17-10-7-15(8-11-17)6-9-16-4-2-3-5-18(16)23/h2-5,7-8,10-11,19-20,22,26H,13-14H2,1H3/t19-,20-,22-/m0/s1. The number of rotatable bonds is 4. The van der Waals surface area contributed by atoms with Gasteiger partial charge in [-0.2, -0.15) is 5.26 Å². The Morgan fingerprint density at radius 1 is 1.21 bits per heavy atom. The lowest BCUT2D eigenvalue weighted by Gasteiger charge is -2.51. The number of carbonyl (C=O) groups excluding carboxylic acids is 1. The third kappa shape index (κ3) is 3.75. The molecule has 3 rings (SSSR count). The number of methoxy groups -OCH3 is 1. The van der Waals surface area contributed by atoms with E-state index >= 15 is 0 Å². The Labute approximate surface area is 163 Å². The average molecular weight is 378 g/mol. The summed E-state index contributed by atoms with van der Waals surface area (Å²) in [5.74, 6) is 4.73. The summed E-state index contributed by atoms with van der Waals surface area (Å²) in [6.07, 6.45) is 0. The lowest BCUT2D eigenvalue weighted by Crippen LogP contribution is -2.65. The predicted molar refractivity (Wildman–Crippen MR) is 101 cm³/mol. The molecule has 2 aromatic carbocycles. The summed E-state index contributed by atoms with van der Waals surface area (Å²) in [6.45, 7) is -0.376. The molecule has 1 aliphatic rings. The van der Waals surface area contributed by atoms with Crippen LogP contribution in [-0.4, -0.2) is 48.3 Å². The summed E-state index contributed by atoms with van der Waals surface area (Å²) in [6, 6.07) is 14.5. The van der Waals surface area contributed by atoms with Gasteiger partial charge in [-0.3, -0.25) is 4.79 Å². The van der Waals surface area contributed by atoms with Crippen LogP contribution in [0.5, 0.6) is 0 Å². The maximum absolute atomic E-state index is 13.6. The van der Waals surface area contributed by atoms with Crippen LogP contribution in [0.2, 0.25) is 0 Å². The Bertz CT molecular complexity index is 956. The Morgan fingerprint density at radius 2 is 1.93 bits per heavy atom. The van der Waals surface area contributed by atoms with Gasteiger partial charge in [-0.05, 0) is 29.8 Å². The van der Waals surface area contributed by atoms with Gasteiger partial charge in [0, 0.05) is 18.6 Å². The van der Waals surface area contributed by atoms with Gasteiger partial charge in [-0.15, -0.1) is 0 Å². The van der Waals surface area contributed by atoms with E-state index in [9.17, 15) is 19.6 Å². The van der Waals surface area contributed by atoms with Gasteiger partial charge in [0.15, 0.2) is 0 Å². The molecule has 0 spiro atoms. The van der Waals surface area contributed by atoms with Gasteiger partial charge in [0.25, 0.3) is 0 Å².